The third-order valence-electron chi connectivity index (χ3n) is 0.743. The summed E-state index contributed by atoms with van der Waals surface area (Å²) in [5, 5.41) is 9.35. The summed E-state index contributed by atoms with van der Waals surface area (Å²) >= 11 is 0. The zero-order chi connectivity index (χ0) is 6.95. The molecule has 0 aromatic rings. The first kappa shape index (κ1) is 13.4. The van der Waals surface area contributed by atoms with Crippen LogP contribution < -0.4 is 34.8 Å². The monoisotopic (exact) mass is 158 g/mol. The maximum Gasteiger partial charge on any atom is 1.00 e. The molecule has 0 rings (SSSR count). The molecule has 0 fully saturated rings. The van der Waals surface area contributed by atoms with Gasteiger partial charge >= 0.3 is 29.6 Å². The van der Waals surface area contributed by atoms with E-state index in [2.05, 4.69) is 9.62 Å². The van der Waals surface area contributed by atoms with Crippen LogP contribution in [0.3, 0.4) is 0 Å². The van der Waals surface area contributed by atoms with Gasteiger partial charge in [-0.1, -0.05) is 0 Å². The van der Waals surface area contributed by atoms with Crippen LogP contribution in [0.4, 0.5) is 0 Å². The van der Waals surface area contributed by atoms with Crippen LogP contribution in [0, 0.1) is 0 Å². The molecule has 0 saturated carbocycles. The van der Waals surface area contributed by atoms with Crippen LogP contribution >= 0.6 is 0 Å². The maximum absolute atomic E-state index is 9.35. The summed E-state index contributed by atoms with van der Waals surface area (Å²) in [7, 11) is 1.59. The van der Waals surface area contributed by atoms with Crippen molar-refractivity contribution in [1.82, 2.24) is 0 Å². The largest absolute Gasteiger partial charge is 1.00 e. The fraction of sp³-hybridized carbons (Fsp3) is 1.00. The van der Waals surface area contributed by atoms with Crippen molar-refractivity contribution in [3.05, 3.63) is 0 Å². The van der Waals surface area contributed by atoms with E-state index < -0.39 is 0 Å². The Kier molecular flexibility index (Phi) is 16.8. The van der Waals surface area contributed by atoms with E-state index in [0.29, 0.717) is 19.8 Å². The minimum Gasteiger partial charge on any atom is -0.723 e. The third kappa shape index (κ3) is 11.6. The van der Waals surface area contributed by atoms with Crippen LogP contribution in [-0.2, 0) is 14.4 Å². The molecular weight excluding hydrogens is 147 g/mol. The van der Waals surface area contributed by atoms with Crippen molar-refractivity contribution < 1.29 is 49.2 Å². The quantitative estimate of drug-likeness (QED) is 0.171. The molecule has 56 valence electrons. The van der Waals surface area contributed by atoms with E-state index in [1.54, 1.807) is 7.11 Å². The van der Waals surface area contributed by atoms with Gasteiger partial charge in [0, 0.05) is 7.11 Å². The van der Waals surface area contributed by atoms with E-state index >= 15 is 0 Å². The topological polar surface area (TPSA) is 50.8 Å². The van der Waals surface area contributed by atoms with Crippen LogP contribution in [0.2, 0.25) is 0 Å². The van der Waals surface area contributed by atoms with Gasteiger partial charge in [-0.3, -0.25) is 0 Å². The summed E-state index contributed by atoms with van der Waals surface area (Å²) in [5.74, 6) is 0. The molecule has 0 bridgehead atoms. The van der Waals surface area contributed by atoms with Crippen LogP contribution in [0.5, 0.6) is 0 Å². The summed E-state index contributed by atoms with van der Waals surface area (Å²) in [5.41, 5.74) is 0. The van der Waals surface area contributed by atoms with Gasteiger partial charge in [0.25, 0.3) is 0 Å². The number of hydrogen-bond acceptors (Lipinski definition) is 4. The second-order valence-corrected chi connectivity index (χ2v) is 1.43. The number of hydrogen-bond donors (Lipinski definition) is 0. The van der Waals surface area contributed by atoms with E-state index in [-0.39, 0.29) is 36.2 Å². The predicted octanol–water partition coefficient (Wildman–Crippen LogP) is -4.05. The van der Waals surface area contributed by atoms with Gasteiger partial charge < -0.3 is 19.6 Å². The Bertz CT molecular complexity index is 46.9. The van der Waals surface area contributed by atoms with Crippen molar-refractivity contribution in [1.29, 1.82) is 0 Å². The standard InChI is InChI=1S/C5H12O4.Na/c1-7-2-3-8-4-5-9-6;/h6H,2-5H2,1H3;/q;+1/p-1. The molecule has 0 unspecified atom stereocenters. The molecule has 0 aliphatic rings. The molecule has 0 amide bonds. The Morgan fingerprint density at radius 3 is 2.20 bits per heavy atom. The Morgan fingerprint density at radius 2 is 1.70 bits per heavy atom. The zero-order valence-corrected chi connectivity index (χ0v) is 8.46. The summed E-state index contributed by atoms with van der Waals surface area (Å²) in [6.45, 7) is 1.51. The minimum atomic E-state index is 0. The van der Waals surface area contributed by atoms with Gasteiger partial charge in [-0.25, -0.2) is 0 Å². The Hall–Kier alpha value is 0.840. The Labute approximate surface area is 82.7 Å². The first-order chi connectivity index (χ1) is 4.41. The molecule has 0 aromatic heterocycles. The summed E-state index contributed by atoms with van der Waals surface area (Å²) in [6, 6.07) is 0. The second kappa shape index (κ2) is 12.5. The predicted molar refractivity (Wildman–Crippen MR) is 28.6 cm³/mol. The maximum atomic E-state index is 9.35. The normalized spacial score (nSPS) is 9.00. The molecule has 5 heteroatoms. The fourth-order valence-electron chi connectivity index (χ4n) is 0.337. The molecule has 0 aliphatic carbocycles. The molecule has 0 aliphatic heterocycles. The Balaban J connectivity index is 0. The number of methoxy groups -OCH3 is 1. The van der Waals surface area contributed by atoms with Crippen molar-refractivity contribution >= 4 is 0 Å². The van der Waals surface area contributed by atoms with Crippen molar-refractivity contribution in [2.75, 3.05) is 33.5 Å². The smallest absolute Gasteiger partial charge is 0.723 e. The molecule has 0 N–H and O–H groups in total. The first-order valence-electron chi connectivity index (χ1n) is 2.73. The van der Waals surface area contributed by atoms with Crippen molar-refractivity contribution in [2.45, 2.75) is 0 Å². The molecule has 0 spiro atoms. The fourth-order valence-corrected chi connectivity index (χ4v) is 0.337. The van der Waals surface area contributed by atoms with E-state index in [1.807, 2.05) is 0 Å². The van der Waals surface area contributed by atoms with Gasteiger partial charge in [0.05, 0.1) is 26.4 Å². The third-order valence-corrected chi connectivity index (χ3v) is 0.743. The average Bonchev–Trinajstić information content (AvgIpc) is 1.89. The minimum absolute atomic E-state index is 0. The van der Waals surface area contributed by atoms with Crippen LogP contribution in [0.15, 0.2) is 0 Å². The van der Waals surface area contributed by atoms with Crippen LogP contribution in [0.25, 0.3) is 0 Å². The van der Waals surface area contributed by atoms with Gasteiger partial charge in [0.15, 0.2) is 0 Å². The van der Waals surface area contributed by atoms with E-state index in [4.69, 9.17) is 4.74 Å². The number of ether oxygens (including phenoxy) is 2. The molecular formula is C5H11NaO4. The van der Waals surface area contributed by atoms with Gasteiger partial charge in [0.2, 0.25) is 0 Å². The summed E-state index contributed by atoms with van der Waals surface area (Å²) < 4.78 is 9.54. The van der Waals surface area contributed by atoms with Crippen LogP contribution in [0.1, 0.15) is 0 Å². The van der Waals surface area contributed by atoms with Crippen LogP contribution in [-0.4, -0.2) is 33.5 Å². The van der Waals surface area contributed by atoms with Gasteiger partial charge in [0.1, 0.15) is 0 Å². The van der Waals surface area contributed by atoms with Gasteiger partial charge in [-0.2, -0.15) is 0 Å². The Morgan fingerprint density at radius 1 is 1.10 bits per heavy atom. The molecule has 0 saturated heterocycles. The molecule has 10 heavy (non-hydrogen) atoms. The molecule has 0 atom stereocenters. The molecule has 0 heterocycles. The van der Waals surface area contributed by atoms with Crippen molar-refractivity contribution in [3.63, 3.8) is 0 Å². The van der Waals surface area contributed by atoms with Gasteiger partial charge in [-0.15, -0.1) is 0 Å². The van der Waals surface area contributed by atoms with Crippen molar-refractivity contribution in [2.24, 2.45) is 0 Å². The zero-order valence-electron chi connectivity index (χ0n) is 6.46. The molecule has 0 aromatic carbocycles. The van der Waals surface area contributed by atoms with E-state index in [0.717, 1.165) is 0 Å². The first-order valence-corrected chi connectivity index (χ1v) is 2.73. The van der Waals surface area contributed by atoms with E-state index in [1.165, 1.54) is 0 Å². The molecule has 0 radical (unpaired) electrons. The van der Waals surface area contributed by atoms with Crippen molar-refractivity contribution in [3.8, 4) is 0 Å². The molecule has 4 nitrogen and oxygen atoms in total. The number of rotatable bonds is 6. The second-order valence-electron chi connectivity index (χ2n) is 1.43. The van der Waals surface area contributed by atoms with E-state index in [9.17, 15) is 5.26 Å². The van der Waals surface area contributed by atoms with Gasteiger partial charge in [-0.05, 0) is 0 Å². The SMILES string of the molecule is COCCOCCO[O-].[Na+]. The summed E-state index contributed by atoms with van der Waals surface area (Å²) in [4.78, 5) is 3.51. The summed E-state index contributed by atoms with van der Waals surface area (Å²) in [6.07, 6.45) is 0. The average molecular weight is 158 g/mol.